The SMILES string of the molecule is CCS(=O)(=O)N1CCc2cc(C(=O)COC(=O)c3cc4c(s3)CCC4)ccc21. The lowest BCUT2D eigenvalue weighted by molar-refractivity contribution is 0.0479. The number of anilines is 1. The molecule has 0 saturated heterocycles. The van der Waals surface area contributed by atoms with Gasteiger partial charge in [-0.25, -0.2) is 13.2 Å². The molecular weight excluding hydrogens is 398 g/mol. The van der Waals surface area contributed by atoms with E-state index in [1.165, 1.54) is 26.1 Å². The molecule has 0 fully saturated rings. The molecule has 2 heterocycles. The Balaban J connectivity index is 1.42. The molecule has 8 heteroatoms. The van der Waals surface area contributed by atoms with Crippen LogP contribution in [0.3, 0.4) is 0 Å². The third-order valence-corrected chi connectivity index (χ3v) is 8.23. The molecule has 148 valence electrons. The van der Waals surface area contributed by atoms with Crippen LogP contribution in [0.5, 0.6) is 0 Å². The van der Waals surface area contributed by atoms with Gasteiger partial charge >= 0.3 is 5.97 Å². The minimum Gasteiger partial charge on any atom is -0.453 e. The van der Waals surface area contributed by atoms with Gasteiger partial charge in [-0.1, -0.05) is 0 Å². The average Bonchev–Trinajstić information content (AvgIpc) is 3.39. The van der Waals surface area contributed by atoms with Crippen LogP contribution in [0.15, 0.2) is 24.3 Å². The van der Waals surface area contributed by atoms with Gasteiger partial charge in [-0.05, 0) is 68.0 Å². The van der Waals surface area contributed by atoms with Gasteiger partial charge in [0, 0.05) is 17.0 Å². The summed E-state index contributed by atoms with van der Waals surface area (Å²) in [5.74, 6) is -0.721. The molecule has 28 heavy (non-hydrogen) atoms. The maximum absolute atomic E-state index is 12.4. The molecule has 0 saturated carbocycles. The monoisotopic (exact) mass is 419 g/mol. The molecule has 4 rings (SSSR count). The summed E-state index contributed by atoms with van der Waals surface area (Å²) in [5.41, 5.74) is 3.09. The van der Waals surface area contributed by atoms with Crippen molar-refractivity contribution in [3.8, 4) is 0 Å². The largest absolute Gasteiger partial charge is 0.453 e. The van der Waals surface area contributed by atoms with E-state index >= 15 is 0 Å². The predicted molar refractivity (Wildman–Crippen MR) is 108 cm³/mol. The number of ketones is 1. The number of hydrogen-bond acceptors (Lipinski definition) is 6. The van der Waals surface area contributed by atoms with Gasteiger partial charge in [-0.15, -0.1) is 11.3 Å². The van der Waals surface area contributed by atoms with Crippen LogP contribution in [0.2, 0.25) is 0 Å². The van der Waals surface area contributed by atoms with Crippen LogP contribution in [0.25, 0.3) is 0 Å². The summed E-state index contributed by atoms with van der Waals surface area (Å²) in [6, 6.07) is 6.83. The van der Waals surface area contributed by atoms with Crippen molar-refractivity contribution in [3.05, 3.63) is 50.7 Å². The van der Waals surface area contributed by atoms with Crippen molar-refractivity contribution in [1.29, 1.82) is 0 Å². The number of Topliss-reactive ketones (excluding diaryl/α,β-unsaturated/α-hetero) is 1. The number of carbonyl (C=O) groups is 2. The van der Waals surface area contributed by atoms with Crippen LogP contribution < -0.4 is 4.31 Å². The molecule has 0 N–H and O–H groups in total. The number of fused-ring (bicyclic) bond motifs is 2. The second-order valence-corrected chi connectivity index (χ2v) is 10.3. The molecule has 0 amide bonds. The first-order chi connectivity index (χ1) is 13.4. The van der Waals surface area contributed by atoms with E-state index in [-0.39, 0.29) is 18.1 Å². The molecule has 2 aliphatic rings. The quantitative estimate of drug-likeness (QED) is 0.531. The number of esters is 1. The Morgan fingerprint density at radius 3 is 2.71 bits per heavy atom. The zero-order valence-electron chi connectivity index (χ0n) is 15.6. The molecule has 1 aromatic heterocycles. The zero-order chi connectivity index (χ0) is 19.9. The van der Waals surface area contributed by atoms with Gasteiger partial charge in [-0.2, -0.15) is 0 Å². The predicted octanol–water partition coefficient (Wildman–Crippen LogP) is 2.99. The molecule has 0 spiro atoms. The van der Waals surface area contributed by atoms with Crippen LogP contribution in [0, 0.1) is 0 Å². The average molecular weight is 420 g/mol. The number of aryl methyl sites for hydroxylation is 2. The van der Waals surface area contributed by atoms with Gasteiger partial charge in [0.1, 0.15) is 4.88 Å². The number of ether oxygens (including phenoxy) is 1. The fraction of sp³-hybridized carbons (Fsp3) is 0.400. The maximum atomic E-state index is 12.4. The highest BCUT2D eigenvalue weighted by atomic mass is 32.2. The molecule has 1 aliphatic carbocycles. The summed E-state index contributed by atoms with van der Waals surface area (Å²) in [7, 11) is -3.32. The highest BCUT2D eigenvalue weighted by Gasteiger charge is 2.28. The molecule has 2 aromatic rings. The van der Waals surface area contributed by atoms with Gasteiger partial charge < -0.3 is 4.74 Å². The number of rotatable bonds is 6. The second-order valence-electron chi connectivity index (χ2n) is 6.98. The van der Waals surface area contributed by atoms with Crippen molar-refractivity contribution in [2.75, 3.05) is 23.2 Å². The minimum absolute atomic E-state index is 0.0369. The van der Waals surface area contributed by atoms with Crippen molar-refractivity contribution in [3.63, 3.8) is 0 Å². The van der Waals surface area contributed by atoms with E-state index in [1.54, 1.807) is 25.1 Å². The number of thiophene rings is 1. The van der Waals surface area contributed by atoms with E-state index in [2.05, 4.69) is 0 Å². The number of benzene rings is 1. The van der Waals surface area contributed by atoms with Crippen LogP contribution >= 0.6 is 11.3 Å². The third-order valence-electron chi connectivity index (χ3n) is 5.24. The summed E-state index contributed by atoms with van der Waals surface area (Å²) < 4.78 is 30.9. The third kappa shape index (κ3) is 3.46. The lowest BCUT2D eigenvalue weighted by Crippen LogP contribution is -2.30. The van der Waals surface area contributed by atoms with Crippen molar-refractivity contribution in [1.82, 2.24) is 0 Å². The van der Waals surface area contributed by atoms with Crippen molar-refractivity contribution < 1.29 is 22.7 Å². The molecule has 1 aliphatic heterocycles. The normalized spacial score (nSPS) is 15.4. The topological polar surface area (TPSA) is 80.8 Å². The van der Waals surface area contributed by atoms with Crippen LogP contribution in [-0.4, -0.2) is 39.1 Å². The molecule has 0 unspecified atom stereocenters. The van der Waals surface area contributed by atoms with Gasteiger partial charge in [0.25, 0.3) is 0 Å². The molecule has 0 atom stereocenters. The highest BCUT2D eigenvalue weighted by molar-refractivity contribution is 7.92. The fourth-order valence-corrected chi connectivity index (χ4v) is 6.01. The first kappa shape index (κ1) is 19.1. The van der Waals surface area contributed by atoms with Crippen molar-refractivity contribution >= 4 is 38.8 Å². The summed E-state index contributed by atoms with van der Waals surface area (Å²) in [6.45, 7) is 1.68. The molecule has 0 radical (unpaired) electrons. The first-order valence-corrected chi connectivity index (χ1v) is 11.8. The highest BCUT2D eigenvalue weighted by Crippen LogP contribution is 2.32. The lowest BCUT2D eigenvalue weighted by Gasteiger charge is -2.18. The smallest absolute Gasteiger partial charge is 0.348 e. The number of sulfonamides is 1. The van der Waals surface area contributed by atoms with E-state index in [0.29, 0.717) is 29.1 Å². The van der Waals surface area contributed by atoms with E-state index in [9.17, 15) is 18.0 Å². The lowest BCUT2D eigenvalue weighted by atomic mass is 10.1. The van der Waals surface area contributed by atoms with E-state index < -0.39 is 16.0 Å². The zero-order valence-corrected chi connectivity index (χ0v) is 17.2. The Kier molecular flexibility index (Phi) is 5.01. The number of hydrogen-bond donors (Lipinski definition) is 0. The Bertz CT molecular complexity index is 1030. The summed E-state index contributed by atoms with van der Waals surface area (Å²) in [5, 5.41) is 0. The Labute approximate surface area is 168 Å². The van der Waals surface area contributed by atoms with Gasteiger partial charge in [0.15, 0.2) is 12.4 Å². The second kappa shape index (κ2) is 7.33. The Morgan fingerprint density at radius 1 is 1.14 bits per heavy atom. The number of carbonyl (C=O) groups excluding carboxylic acids is 2. The molecule has 1 aromatic carbocycles. The minimum atomic E-state index is -3.32. The summed E-state index contributed by atoms with van der Waals surface area (Å²) in [6.07, 6.45) is 3.70. The van der Waals surface area contributed by atoms with Gasteiger partial charge in [-0.3, -0.25) is 9.10 Å². The van der Waals surface area contributed by atoms with E-state index in [4.69, 9.17) is 4.74 Å². The van der Waals surface area contributed by atoms with Crippen LogP contribution in [0.4, 0.5) is 5.69 Å². The molecular formula is C20H21NO5S2. The maximum Gasteiger partial charge on any atom is 0.348 e. The van der Waals surface area contributed by atoms with Crippen LogP contribution in [0.1, 0.15) is 49.4 Å². The number of nitrogens with zero attached hydrogens (tertiary/aromatic N) is 1. The van der Waals surface area contributed by atoms with Crippen molar-refractivity contribution in [2.24, 2.45) is 0 Å². The Hall–Kier alpha value is -2.19. The fourth-order valence-electron chi connectivity index (χ4n) is 3.70. The first-order valence-electron chi connectivity index (χ1n) is 9.34. The van der Waals surface area contributed by atoms with E-state index in [1.807, 2.05) is 6.07 Å². The van der Waals surface area contributed by atoms with E-state index in [0.717, 1.165) is 24.8 Å². The van der Waals surface area contributed by atoms with Gasteiger partial charge in [0.05, 0.1) is 11.4 Å². The van der Waals surface area contributed by atoms with Gasteiger partial charge in [0.2, 0.25) is 10.0 Å². The van der Waals surface area contributed by atoms with Crippen molar-refractivity contribution in [2.45, 2.75) is 32.6 Å². The Morgan fingerprint density at radius 2 is 1.96 bits per heavy atom. The van der Waals surface area contributed by atoms with Crippen LogP contribution in [-0.2, 0) is 34.0 Å². The summed E-state index contributed by atoms with van der Waals surface area (Å²) >= 11 is 1.45. The summed E-state index contributed by atoms with van der Waals surface area (Å²) in [4.78, 5) is 26.5. The molecule has 6 nitrogen and oxygen atoms in total. The standard InChI is InChI=1S/C20H21NO5S2/c1-2-28(24,25)21-9-8-13-10-14(6-7-16(13)21)17(22)12-26-20(23)19-11-15-4-3-5-18(15)27-19/h6-7,10-11H,2-5,8-9,12H2,1H3. The molecule has 0 bridgehead atoms.